The summed E-state index contributed by atoms with van der Waals surface area (Å²) in [5.41, 5.74) is 1.60. The van der Waals surface area contributed by atoms with Crippen molar-refractivity contribution < 1.29 is 18.7 Å². The van der Waals surface area contributed by atoms with E-state index in [9.17, 15) is 14.0 Å². The highest BCUT2D eigenvalue weighted by Crippen LogP contribution is 2.37. The fourth-order valence-corrected chi connectivity index (χ4v) is 4.31. The summed E-state index contributed by atoms with van der Waals surface area (Å²) in [7, 11) is 0. The number of hydrogen-bond acceptors (Lipinski definition) is 5. The highest BCUT2D eigenvalue weighted by atomic mass is 32.1. The van der Waals surface area contributed by atoms with Crippen LogP contribution in [-0.4, -0.2) is 36.5 Å². The molecule has 138 valence electrons. The zero-order chi connectivity index (χ0) is 18.7. The number of likely N-dealkylation sites (N-methyl/N-ethyl adjacent to an activating group) is 1. The van der Waals surface area contributed by atoms with Gasteiger partial charge in [0, 0.05) is 23.5 Å². The molecule has 0 saturated heterocycles. The summed E-state index contributed by atoms with van der Waals surface area (Å²) in [4.78, 5) is 28.3. The molecule has 0 aliphatic carbocycles. The van der Waals surface area contributed by atoms with Gasteiger partial charge in [-0.25, -0.2) is 9.18 Å². The molecule has 1 aromatic carbocycles. The third-order valence-corrected chi connectivity index (χ3v) is 5.51. The standard InChI is InChI=1S/C19H21FN2O3S/c1-3-22-9-8-14-15(11-22)26-18(16(14)19(24)25-4-2)21-17(23)12-6-5-7-13(20)10-12/h5-7,10H,3-4,8-9,11H2,1-2H3,(H,21,23). The van der Waals surface area contributed by atoms with Gasteiger partial charge < -0.3 is 10.1 Å². The van der Waals surface area contributed by atoms with Gasteiger partial charge in [-0.3, -0.25) is 9.69 Å². The van der Waals surface area contributed by atoms with Crippen LogP contribution in [0.3, 0.4) is 0 Å². The van der Waals surface area contributed by atoms with Gasteiger partial charge in [0.1, 0.15) is 10.8 Å². The molecule has 1 amide bonds. The number of thiophene rings is 1. The summed E-state index contributed by atoms with van der Waals surface area (Å²) < 4.78 is 18.6. The first kappa shape index (κ1) is 18.5. The Kier molecular flexibility index (Phi) is 5.68. The molecule has 3 rings (SSSR count). The van der Waals surface area contributed by atoms with Gasteiger partial charge in [-0.15, -0.1) is 11.3 Å². The van der Waals surface area contributed by atoms with Crippen LogP contribution in [0.5, 0.6) is 0 Å². The van der Waals surface area contributed by atoms with E-state index in [4.69, 9.17) is 4.74 Å². The molecule has 7 heteroatoms. The number of ether oxygens (including phenoxy) is 1. The molecule has 26 heavy (non-hydrogen) atoms. The number of benzene rings is 1. The number of carbonyl (C=O) groups excluding carboxylic acids is 2. The smallest absolute Gasteiger partial charge is 0.341 e. The third-order valence-electron chi connectivity index (χ3n) is 4.38. The van der Waals surface area contributed by atoms with Gasteiger partial charge in [0.2, 0.25) is 0 Å². The molecule has 5 nitrogen and oxygen atoms in total. The summed E-state index contributed by atoms with van der Waals surface area (Å²) in [5, 5.41) is 3.25. The lowest BCUT2D eigenvalue weighted by molar-refractivity contribution is 0.0526. The summed E-state index contributed by atoms with van der Waals surface area (Å²) in [6.45, 7) is 6.65. The fraction of sp³-hybridized carbons (Fsp3) is 0.368. The number of halogens is 1. The van der Waals surface area contributed by atoms with Crippen molar-refractivity contribution >= 4 is 28.2 Å². The van der Waals surface area contributed by atoms with Gasteiger partial charge in [0.05, 0.1) is 12.2 Å². The molecular formula is C19H21FN2O3S. The van der Waals surface area contributed by atoms with Gasteiger partial charge in [-0.1, -0.05) is 13.0 Å². The maximum absolute atomic E-state index is 13.4. The lowest BCUT2D eigenvalue weighted by atomic mass is 10.0. The Hall–Kier alpha value is -2.25. The topological polar surface area (TPSA) is 58.6 Å². The minimum absolute atomic E-state index is 0.210. The number of esters is 1. The van der Waals surface area contributed by atoms with Gasteiger partial charge in [0.25, 0.3) is 5.91 Å². The van der Waals surface area contributed by atoms with Crippen LogP contribution in [0.4, 0.5) is 9.39 Å². The quantitative estimate of drug-likeness (QED) is 0.809. The molecule has 2 aromatic rings. The van der Waals surface area contributed by atoms with Crippen LogP contribution >= 0.6 is 11.3 Å². The molecule has 0 spiro atoms. The Labute approximate surface area is 155 Å². The number of anilines is 1. The molecule has 0 fully saturated rings. The second-order valence-corrected chi connectivity index (χ2v) is 7.12. The fourth-order valence-electron chi connectivity index (χ4n) is 3.04. The van der Waals surface area contributed by atoms with E-state index in [-0.39, 0.29) is 12.2 Å². The van der Waals surface area contributed by atoms with Crippen molar-refractivity contribution in [1.29, 1.82) is 0 Å². The lowest BCUT2D eigenvalue weighted by Crippen LogP contribution is -2.30. The number of fused-ring (bicyclic) bond motifs is 1. The molecule has 0 unspecified atom stereocenters. The second kappa shape index (κ2) is 7.97. The van der Waals surface area contributed by atoms with Crippen LogP contribution in [0, 0.1) is 5.82 Å². The molecule has 2 heterocycles. The van der Waals surface area contributed by atoms with Crippen LogP contribution in [0.1, 0.15) is 45.0 Å². The molecule has 1 N–H and O–H groups in total. The van der Waals surface area contributed by atoms with E-state index >= 15 is 0 Å². The van der Waals surface area contributed by atoms with Crippen LogP contribution in [0.25, 0.3) is 0 Å². The highest BCUT2D eigenvalue weighted by molar-refractivity contribution is 7.17. The minimum Gasteiger partial charge on any atom is -0.462 e. The highest BCUT2D eigenvalue weighted by Gasteiger charge is 2.29. The number of hydrogen-bond donors (Lipinski definition) is 1. The van der Waals surface area contributed by atoms with Crippen molar-refractivity contribution in [1.82, 2.24) is 4.90 Å². The summed E-state index contributed by atoms with van der Waals surface area (Å²) >= 11 is 1.39. The molecule has 1 aromatic heterocycles. The number of nitrogens with one attached hydrogen (secondary N) is 1. The van der Waals surface area contributed by atoms with E-state index in [2.05, 4.69) is 17.1 Å². The third kappa shape index (κ3) is 3.78. The molecule has 0 atom stereocenters. The summed E-state index contributed by atoms with van der Waals surface area (Å²) in [6.07, 6.45) is 0.740. The number of amides is 1. The van der Waals surface area contributed by atoms with Gasteiger partial charge in [0.15, 0.2) is 0 Å². The molecular weight excluding hydrogens is 355 g/mol. The SMILES string of the molecule is CCOC(=O)c1c(NC(=O)c2cccc(F)c2)sc2c1CCN(CC)C2. The average molecular weight is 376 g/mol. The predicted molar refractivity (Wildman–Crippen MR) is 99.3 cm³/mol. The van der Waals surface area contributed by atoms with E-state index in [1.807, 2.05) is 0 Å². The molecule has 0 bridgehead atoms. The van der Waals surface area contributed by atoms with E-state index < -0.39 is 17.7 Å². The van der Waals surface area contributed by atoms with Crippen molar-refractivity contribution in [2.75, 3.05) is 25.0 Å². The monoisotopic (exact) mass is 376 g/mol. The first-order valence-electron chi connectivity index (χ1n) is 8.64. The van der Waals surface area contributed by atoms with Crippen LogP contribution in [0.15, 0.2) is 24.3 Å². The van der Waals surface area contributed by atoms with Gasteiger partial charge in [-0.05, 0) is 43.7 Å². The molecule has 1 aliphatic heterocycles. The van der Waals surface area contributed by atoms with Crippen molar-refractivity contribution in [3.05, 3.63) is 51.7 Å². The lowest BCUT2D eigenvalue weighted by Gasteiger charge is -2.25. The largest absolute Gasteiger partial charge is 0.462 e. The number of carbonyl (C=O) groups is 2. The van der Waals surface area contributed by atoms with Crippen LogP contribution < -0.4 is 5.32 Å². The maximum Gasteiger partial charge on any atom is 0.341 e. The molecule has 0 radical (unpaired) electrons. The van der Waals surface area contributed by atoms with Crippen molar-refractivity contribution in [3.63, 3.8) is 0 Å². The maximum atomic E-state index is 13.4. The van der Waals surface area contributed by atoms with E-state index in [0.29, 0.717) is 10.6 Å². The first-order chi connectivity index (χ1) is 12.5. The molecule has 1 aliphatic rings. The molecule has 0 saturated carbocycles. The minimum atomic E-state index is -0.479. The Morgan fingerprint density at radius 3 is 2.85 bits per heavy atom. The Balaban J connectivity index is 1.94. The predicted octanol–water partition coefficient (Wildman–Crippen LogP) is 3.69. The second-order valence-electron chi connectivity index (χ2n) is 6.01. The Morgan fingerprint density at radius 1 is 1.35 bits per heavy atom. The average Bonchev–Trinajstić information content (AvgIpc) is 2.98. The van der Waals surface area contributed by atoms with Crippen molar-refractivity contribution in [3.8, 4) is 0 Å². The number of rotatable bonds is 5. The zero-order valence-corrected chi connectivity index (χ0v) is 15.6. The summed E-state index contributed by atoms with van der Waals surface area (Å²) in [6, 6.07) is 5.47. The van der Waals surface area contributed by atoms with E-state index in [1.54, 1.807) is 6.92 Å². The summed E-state index contributed by atoms with van der Waals surface area (Å²) in [5.74, 6) is -1.35. The first-order valence-corrected chi connectivity index (χ1v) is 9.46. The number of nitrogens with zero attached hydrogens (tertiary/aromatic N) is 1. The van der Waals surface area contributed by atoms with Crippen LogP contribution in [-0.2, 0) is 17.7 Å². The van der Waals surface area contributed by atoms with E-state index in [1.165, 1.54) is 35.6 Å². The van der Waals surface area contributed by atoms with Crippen molar-refractivity contribution in [2.45, 2.75) is 26.8 Å². The van der Waals surface area contributed by atoms with Crippen molar-refractivity contribution in [2.24, 2.45) is 0 Å². The normalized spacial score (nSPS) is 14.0. The van der Waals surface area contributed by atoms with Gasteiger partial charge in [-0.2, -0.15) is 0 Å². The Morgan fingerprint density at radius 2 is 2.15 bits per heavy atom. The van der Waals surface area contributed by atoms with Crippen LogP contribution in [0.2, 0.25) is 0 Å². The Bertz CT molecular complexity index is 834. The van der Waals surface area contributed by atoms with E-state index in [0.717, 1.165) is 36.5 Å². The van der Waals surface area contributed by atoms with Gasteiger partial charge >= 0.3 is 5.97 Å². The zero-order valence-electron chi connectivity index (χ0n) is 14.8.